The van der Waals surface area contributed by atoms with Crippen LogP contribution in [0.15, 0.2) is 29.8 Å². The van der Waals surface area contributed by atoms with Crippen LogP contribution in [0.1, 0.15) is 30.0 Å². The largest absolute Gasteiger partial charge is 0.399 e. The normalized spacial score (nSPS) is 15.9. The van der Waals surface area contributed by atoms with E-state index in [2.05, 4.69) is 35.9 Å². The van der Waals surface area contributed by atoms with E-state index in [1.165, 1.54) is 16.1 Å². The van der Waals surface area contributed by atoms with Gasteiger partial charge in [0.1, 0.15) is 5.01 Å². The lowest BCUT2D eigenvalue weighted by Crippen LogP contribution is -2.37. The first-order valence-electron chi connectivity index (χ1n) is 6.09. The predicted octanol–water partition coefficient (Wildman–Crippen LogP) is 2.98. The van der Waals surface area contributed by atoms with E-state index < -0.39 is 0 Å². The number of thiazole rings is 1. The molecule has 1 aliphatic rings. The Morgan fingerprint density at radius 1 is 1.28 bits per heavy atom. The fourth-order valence-corrected chi connectivity index (χ4v) is 3.26. The van der Waals surface area contributed by atoms with Gasteiger partial charge in [-0.3, -0.25) is 4.90 Å². The van der Waals surface area contributed by atoms with Crippen LogP contribution in [-0.2, 0) is 18.6 Å². The SMILES string of the molecule is CC(C)(c1nccs1)N1Cc2ccc(N)cc2C1. The van der Waals surface area contributed by atoms with Crippen molar-refractivity contribution >= 4 is 17.0 Å². The van der Waals surface area contributed by atoms with E-state index in [0.29, 0.717) is 0 Å². The number of fused-ring (bicyclic) bond motifs is 1. The molecule has 3 nitrogen and oxygen atoms in total. The fourth-order valence-electron chi connectivity index (χ4n) is 2.47. The zero-order valence-electron chi connectivity index (χ0n) is 10.7. The van der Waals surface area contributed by atoms with Crippen molar-refractivity contribution in [2.24, 2.45) is 0 Å². The summed E-state index contributed by atoms with van der Waals surface area (Å²) in [5.41, 5.74) is 9.41. The van der Waals surface area contributed by atoms with Crippen LogP contribution in [0.3, 0.4) is 0 Å². The maximum absolute atomic E-state index is 5.85. The van der Waals surface area contributed by atoms with Crippen LogP contribution in [-0.4, -0.2) is 9.88 Å². The number of aromatic nitrogens is 1. The van der Waals surface area contributed by atoms with Gasteiger partial charge in [-0.2, -0.15) is 0 Å². The average molecular weight is 259 g/mol. The number of benzene rings is 1. The van der Waals surface area contributed by atoms with Crippen LogP contribution in [0.4, 0.5) is 5.69 Å². The first-order chi connectivity index (χ1) is 8.57. The molecule has 1 aromatic heterocycles. The zero-order chi connectivity index (χ0) is 12.8. The van der Waals surface area contributed by atoms with Gasteiger partial charge in [0.2, 0.25) is 0 Å². The molecular formula is C14H17N3S. The van der Waals surface area contributed by atoms with Gasteiger partial charge in [0.15, 0.2) is 0 Å². The second-order valence-electron chi connectivity index (χ2n) is 5.28. The molecule has 0 atom stereocenters. The minimum atomic E-state index is -0.0258. The van der Waals surface area contributed by atoms with Crippen molar-refractivity contribution in [1.29, 1.82) is 0 Å². The average Bonchev–Trinajstić information content (AvgIpc) is 2.97. The second-order valence-corrected chi connectivity index (χ2v) is 6.18. The third-order valence-electron chi connectivity index (χ3n) is 3.70. The highest BCUT2D eigenvalue weighted by Gasteiger charge is 2.34. The molecule has 94 valence electrons. The summed E-state index contributed by atoms with van der Waals surface area (Å²) < 4.78 is 0. The summed E-state index contributed by atoms with van der Waals surface area (Å²) in [5, 5.41) is 3.21. The van der Waals surface area contributed by atoms with E-state index >= 15 is 0 Å². The van der Waals surface area contributed by atoms with Crippen LogP contribution in [0.2, 0.25) is 0 Å². The van der Waals surface area contributed by atoms with E-state index in [9.17, 15) is 0 Å². The summed E-state index contributed by atoms with van der Waals surface area (Å²) >= 11 is 1.72. The Kier molecular flexibility index (Phi) is 2.64. The molecule has 18 heavy (non-hydrogen) atoms. The lowest BCUT2D eigenvalue weighted by atomic mass is 10.0. The topological polar surface area (TPSA) is 42.2 Å². The fraction of sp³-hybridized carbons (Fsp3) is 0.357. The third-order valence-corrected chi connectivity index (χ3v) is 4.78. The van der Waals surface area contributed by atoms with E-state index in [4.69, 9.17) is 5.73 Å². The van der Waals surface area contributed by atoms with E-state index in [1.54, 1.807) is 11.3 Å². The van der Waals surface area contributed by atoms with Crippen LogP contribution >= 0.6 is 11.3 Å². The molecule has 1 aromatic carbocycles. The number of hydrogen-bond donors (Lipinski definition) is 1. The molecular weight excluding hydrogens is 242 g/mol. The van der Waals surface area contributed by atoms with Gasteiger partial charge in [-0.15, -0.1) is 11.3 Å². The van der Waals surface area contributed by atoms with Crippen LogP contribution in [0, 0.1) is 0 Å². The van der Waals surface area contributed by atoms with Gasteiger partial charge < -0.3 is 5.73 Å². The Bertz CT molecular complexity index is 560. The Labute approximate surface area is 111 Å². The molecule has 1 aliphatic heterocycles. The minimum Gasteiger partial charge on any atom is -0.399 e. The van der Waals surface area contributed by atoms with Gasteiger partial charge >= 0.3 is 0 Å². The smallest absolute Gasteiger partial charge is 0.112 e. The number of nitrogens with two attached hydrogens (primary N) is 1. The maximum Gasteiger partial charge on any atom is 0.112 e. The van der Waals surface area contributed by atoms with Crippen molar-refractivity contribution in [3.63, 3.8) is 0 Å². The molecule has 0 fully saturated rings. The van der Waals surface area contributed by atoms with Crippen molar-refractivity contribution in [1.82, 2.24) is 9.88 Å². The monoisotopic (exact) mass is 259 g/mol. The molecule has 4 heteroatoms. The number of hydrogen-bond acceptors (Lipinski definition) is 4. The molecule has 2 aromatic rings. The maximum atomic E-state index is 5.85. The van der Waals surface area contributed by atoms with Gasteiger partial charge in [-0.05, 0) is 37.1 Å². The highest BCUT2D eigenvalue weighted by molar-refractivity contribution is 7.09. The van der Waals surface area contributed by atoms with Crippen molar-refractivity contribution in [3.8, 4) is 0 Å². The second kappa shape index (κ2) is 4.07. The molecule has 2 N–H and O–H groups in total. The molecule has 2 heterocycles. The van der Waals surface area contributed by atoms with E-state index in [1.807, 2.05) is 17.6 Å². The van der Waals surface area contributed by atoms with Crippen LogP contribution in [0.5, 0.6) is 0 Å². The molecule has 0 radical (unpaired) electrons. The van der Waals surface area contributed by atoms with Crippen molar-refractivity contribution in [3.05, 3.63) is 45.9 Å². The third kappa shape index (κ3) is 1.82. The molecule has 0 unspecified atom stereocenters. The van der Waals surface area contributed by atoms with E-state index in [0.717, 1.165) is 18.8 Å². The van der Waals surface area contributed by atoms with Crippen LogP contribution in [0.25, 0.3) is 0 Å². The Morgan fingerprint density at radius 3 is 2.78 bits per heavy atom. The number of anilines is 1. The minimum absolute atomic E-state index is 0.0258. The summed E-state index contributed by atoms with van der Waals surface area (Å²) in [5.74, 6) is 0. The lowest BCUT2D eigenvalue weighted by Gasteiger charge is -2.33. The first-order valence-corrected chi connectivity index (χ1v) is 6.97. The molecule has 0 saturated heterocycles. The molecule has 0 amide bonds. The van der Waals surface area contributed by atoms with Crippen LogP contribution < -0.4 is 5.73 Å². The van der Waals surface area contributed by atoms with Gasteiger partial charge in [0.25, 0.3) is 0 Å². The quantitative estimate of drug-likeness (QED) is 0.843. The molecule has 0 saturated carbocycles. The van der Waals surface area contributed by atoms with Gasteiger partial charge in [-0.25, -0.2) is 4.98 Å². The lowest BCUT2D eigenvalue weighted by molar-refractivity contribution is 0.117. The molecule has 0 bridgehead atoms. The summed E-state index contributed by atoms with van der Waals surface area (Å²) in [7, 11) is 0. The number of nitrogen functional groups attached to an aromatic ring is 1. The van der Waals surface area contributed by atoms with Gasteiger partial charge in [0.05, 0.1) is 5.54 Å². The number of rotatable bonds is 2. The predicted molar refractivity (Wildman–Crippen MR) is 75.2 cm³/mol. The summed E-state index contributed by atoms with van der Waals surface area (Å²) in [4.78, 5) is 6.92. The van der Waals surface area contributed by atoms with Gasteiger partial charge in [-0.1, -0.05) is 6.07 Å². The van der Waals surface area contributed by atoms with Crippen molar-refractivity contribution in [2.45, 2.75) is 32.5 Å². The Hall–Kier alpha value is -1.39. The highest BCUT2D eigenvalue weighted by Crippen LogP contribution is 2.36. The molecule has 3 rings (SSSR count). The molecule has 0 spiro atoms. The first kappa shape index (κ1) is 11.7. The number of nitrogens with zero attached hydrogens (tertiary/aromatic N) is 2. The van der Waals surface area contributed by atoms with E-state index in [-0.39, 0.29) is 5.54 Å². The standard InChI is InChI=1S/C14H17N3S/c1-14(2,13-16-5-6-18-13)17-8-10-3-4-12(15)7-11(10)9-17/h3-7H,8-9,15H2,1-2H3. The van der Waals surface area contributed by atoms with Crippen molar-refractivity contribution in [2.75, 3.05) is 5.73 Å². The van der Waals surface area contributed by atoms with Crippen molar-refractivity contribution < 1.29 is 0 Å². The summed E-state index contributed by atoms with van der Waals surface area (Å²) in [6.07, 6.45) is 1.88. The van der Waals surface area contributed by atoms with Gasteiger partial charge in [0, 0.05) is 30.4 Å². The molecule has 0 aliphatic carbocycles. The summed E-state index contributed by atoms with van der Waals surface area (Å²) in [6, 6.07) is 6.22. The zero-order valence-corrected chi connectivity index (χ0v) is 11.5. The summed E-state index contributed by atoms with van der Waals surface area (Å²) in [6.45, 7) is 6.40. The Balaban J connectivity index is 1.90. The Morgan fingerprint density at radius 2 is 2.06 bits per heavy atom. The highest BCUT2D eigenvalue weighted by atomic mass is 32.1.